The maximum Gasteiger partial charge on any atom is 0.0951 e. The highest BCUT2D eigenvalue weighted by Gasteiger charge is 2.04. The van der Waals surface area contributed by atoms with Crippen molar-refractivity contribution in [2.45, 2.75) is 6.54 Å². The zero-order valence-corrected chi connectivity index (χ0v) is 10.3. The monoisotopic (exact) mass is 230 g/mol. The molecule has 17 heavy (non-hydrogen) atoms. The van der Waals surface area contributed by atoms with Crippen LogP contribution in [0.25, 0.3) is 11.3 Å². The number of nitrogens with zero attached hydrogens (tertiary/aromatic N) is 3. The summed E-state index contributed by atoms with van der Waals surface area (Å²) in [7, 11) is 4.07. The van der Waals surface area contributed by atoms with Gasteiger partial charge in [-0.2, -0.15) is 0 Å². The van der Waals surface area contributed by atoms with Crippen LogP contribution in [0.15, 0.2) is 36.8 Å². The van der Waals surface area contributed by atoms with Crippen LogP contribution in [0.5, 0.6) is 0 Å². The van der Waals surface area contributed by atoms with E-state index >= 15 is 0 Å². The van der Waals surface area contributed by atoms with Crippen molar-refractivity contribution in [3.8, 4) is 11.3 Å². The Morgan fingerprint density at radius 1 is 1.24 bits per heavy atom. The molecule has 4 heteroatoms. The second-order valence-corrected chi connectivity index (χ2v) is 4.20. The molecular weight excluding hydrogens is 212 g/mol. The van der Waals surface area contributed by atoms with Gasteiger partial charge in [-0.25, -0.2) is 4.98 Å². The normalized spacial score (nSPS) is 10.5. The third-order valence-electron chi connectivity index (χ3n) is 2.76. The highest BCUT2D eigenvalue weighted by molar-refractivity contribution is 5.62. The van der Waals surface area contributed by atoms with Gasteiger partial charge in [0.25, 0.3) is 0 Å². The Balaban J connectivity index is 2.30. The fraction of sp³-hybridized carbons (Fsp3) is 0.308. The summed E-state index contributed by atoms with van der Waals surface area (Å²) in [6.07, 6.45) is 3.70. The topological polar surface area (TPSA) is 47.1 Å². The highest BCUT2D eigenvalue weighted by atomic mass is 15.1. The fourth-order valence-corrected chi connectivity index (χ4v) is 1.81. The molecule has 1 aromatic heterocycles. The maximum absolute atomic E-state index is 5.58. The lowest BCUT2D eigenvalue weighted by Gasteiger charge is -2.13. The van der Waals surface area contributed by atoms with Gasteiger partial charge in [0.05, 0.1) is 18.2 Å². The first-order chi connectivity index (χ1) is 8.22. The SMILES string of the molecule is CN(C)c1ccc(-c2cncn2CCN)cc1. The Morgan fingerprint density at radius 3 is 2.53 bits per heavy atom. The van der Waals surface area contributed by atoms with Crippen molar-refractivity contribution in [2.75, 3.05) is 25.5 Å². The van der Waals surface area contributed by atoms with Crippen molar-refractivity contribution in [2.24, 2.45) is 5.73 Å². The van der Waals surface area contributed by atoms with E-state index in [0.29, 0.717) is 6.54 Å². The van der Waals surface area contributed by atoms with Crippen LogP contribution >= 0.6 is 0 Å². The molecule has 2 aromatic rings. The van der Waals surface area contributed by atoms with Gasteiger partial charge < -0.3 is 15.2 Å². The molecule has 0 spiro atoms. The molecule has 0 saturated carbocycles. The van der Waals surface area contributed by atoms with Crippen LogP contribution < -0.4 is 10.6 Å². The van der Waals surface area contributed by atoms with Crippen molar-refractivity contribution in [3.63, 3.8) is 0 Å². The number of aromatic nitrogens is 2. The number of rotatable bonds is 4. The van der Waals surface area contributed by atoms with Gasteiger partial charge in [0.15, 0.2) is 0 Å². The lowest BCUT2D eigenvalue weighted by molar-refractivity contribution is 0.714. The molecule has 0 aliphatic rings. The van der Waals surface area contributed by atoms with Gasteiger partial charge in [0.1, 0.15) is 0 Å². The minimum absolute atomic E-state index is 0.624. The van der Waals surface area contributed by atoms with E-state index in [0.717, 1.165) is 12.2 Å². The van der Waals surface area contributed by atoms with Crippen LogP contribution in [-0.2, 0) is 6.54 Å². The minimum atomic E-state index is 0.624. The summed E-state index contributed by atoms with van der Waals surface area (Å²) in [5.74, 6) is 0. The van der Waals surface area contributed by atoms with Gasteiger partial charge in [-0.3, -0.25) is 0 Å². The van der Waals surface area contributed by atoms with Gasteiger partial charge in [0.2, 0.25) is 0 Å². The van der Waals surface area contributed by atoms with E-state index in [1.165, 1.54) is 11.3 Å². The minimum Gasteiger partial charge on any atom is -0.378 e. The summed E-state index contributed by atoms with van der Waals surface area (Å²) in [4.78, 5) is 6.26. The molecule has 0 unspecified atom stereocenters. The quantitative estimate of drug-likeness (QED) is 0.867. The van der Waals surface area contributed by atoms with Crippen LogP contribution in [0.3, 0.4) is 0 Å². The second kappa shape index (κ2) is 5.01. The summed E-state index contributed by atoms with van der Waals surface area (Å²) in [5.41, 5.74) is 9.05. The van der Waals surface area contributed by atoms with Gasteiger partial charge in [-0.1, -0.05) is 12.1 Å². The van der Waals surface area contributed by atoms with Crippen molar-refractivity contribution >= 4 is 5.69 Å². The Labute approximate surface area is 102 Å². The summed E-state index contributed by atoms with van der Waals surface area (Å²) < 4.78 is 2.07. The van der Waals surface area contributed by atoms with Crippen molar-refractivity contribution in [3.05, 3.63) is 36.8 Å². The Kier molecular flexibility index (Phi) is 3.44. The first-order valence-corrected chi connectivity index (χ1v) is 5.70. The number of hydrogen-bond acceptors (Lipinski definition) is 3. The van der Waals surface area contributed by atoms with Crippen LogP contribution in [0, 0.1) is 0 Å². The first-order valence-electron chi connectivity index (χ1n) is 5.70. The second-order valence-electron chi connectivity index (χ2n) is 4.20. The molecule has 4 nitrogen and oxygen atoms in total. The smallest absolute Gasteiger partial charge is 0.0951 e. The van der Waals surface area contributed by atoms with Crippen molar-refractivity contribution in [1.82, 2.24) is 9.55 Å². The molecule has 0 radical (unpaired) electrons. The van der Waals surface area contributed by atoms with Crippen LogP contribution in [0.1, 0.15) is 0 Å². The summed E-state index contributed by atoms with van der Waals surface area (Å²) in [6.45, 7) is 1.42. The van der Waals surface area contributed by atoms with E-state index in [1.807, 2.05) is 26.6 Å². The lowest BCUT2D eigenvalue weighted by Crippen LogP contribution is -2.10. The molecule has 0 bridgehead atoms. The molecule has 2 rings (SSSR count). The molecular formula is C13H18N4. The average molecular weight is 230 g/mol. The predicted octanol–water partition coefficient (Wildman–Crippen LogP) is 1.57. The number of nitrogens with two attached hydrogens (primary N) is 1. The molecule has 2 N–H and O–H groups in total. The molecule has 0 fully saturated rings. The largest absolute Gasteiger partial charge is 0.378 e. The van der Waals surface area contributed by atoms with Crippen molar-refractivity contribution in [1.29, 1.82) is 0 Å². The highest BCUT2D eigenvalue weighted by Crippen LogP contribution is 2.21. The van der Waals surface area contributed by atoms with E-state index in [2.05, 4.69) is 38.7 Å². The maximum atomic E-state index is 5.58. The van der Waals surface area contributed by atoms with E-state index in [9.17, 15) is 0 Å². The molecule has 0 amide bonds. The van der Waals surface area contributed by atoms with Gasteiger partial charge in [-0.15, -0.1) is 0 Å². The molecule has 0 saturated heterocycles. The van der Waals surface area contributed by atoms with Crippen LogP contribution in [-0.4, -0.2) is 30.2 Å². The Bertz CT molecular complexity index is 470. The van der Waals surface area contributed by atoms with E-state index in [-0.39, 0.29) is 0 Å². The molecule has 1 aromatic carbocycles. The van der Waals surface area contributed by atoms with Gasteiger partial charge in [0, 0.05) is 32.9 Å². The third kappa shape index (κ3) is 2.47. The van der Waals surface area contributed by atoms with E-state index in [4.69, 9.17) is 5.73 Å². The summed E-state index contributed by atoms with van der Waals surface area (Å²) >= 11 is 0. The molecule has 1 heterocycles. The van der Waals surface area contributed by atoms with E-state index < -0.39 is 0 Å². The fourth-order valence-electron chi connectivity index (χ4n) is 1.81. The molecule has 0 atom stereocenters. The average Bonchev–Trinajstić information content (AvgIpc) is 2.78. The third-order valence-corrected chi connectivity index (χ3v) is 2.76. The van der Waals surface area contributed by atoms with E-state index in [1.54, 1.807) is 0 Å². The zero-order chi connectivity index (χ0) is 12.3. The van der Waals surface area contributed by atoms with Gasteiger partial charge >= 0.3 is 0 Å². The molecule has 0 aliphatic carbocycles. The lowest BCUT2D eigenvalue weighted by atomic mass is 10.1. The number of imidazole rings is 1. The Hall–Kier alpha value is -1.81. The summed E-state index contributed by atoms with van der Waals surface area (Å²) in [5, 5.41) is 0. The molecule has 90 valence electrons. The molecule has 0 aliphatic heterocycles. The van der Waals surface area contributed by atoms with Crippen molar-refractivity contribution < 1.29 is 0 Å². The van der Waals surface area contributed by atoms with Gasteiger partial charge in [-0.05, 0) is 17.7 Å². The number of benzene rings is 1. The first kappa shape index (κ1) is 11.7. The zero-order valence-electron chi connectivity index (χ0n) is 10.3. The summed E-state index contributed by atoms with van der Waals surface area (Å²) in [6, 6.07) is 8.43. The van der Waals surface area contributed by atoms with Crippen LogP contribution in [0.2, 0.25) is 0 Å². The Morgan fingerprint density at radius 2 is 1.94 bits per heavy atom. The number of anilines is 1. The number of hydrogen-bond donors (Lipinski definition) is 1. The standard InChI is InChI=1S/C13H18N4/c1-16(2)12-5-3-11(4-6-12)13-9-15-10-17(13)8-7-14/h3-6,9-10H,7-8,14H2,1-2H3. The predicted molar refractivity (Wildman–Crippen MR) is 71.0 cm³/mol. The van der Waals surface area contributed by atoms with Crippen LogP contribution in [0.4, 0.5) is 5.69 Å².